The second-order valence-corrected chi connectivity index (χ2v) is 4.59. The first-order valence-electron chi connectivity index (χ1n) is 5.00. The van der Waals surface area contributed by atoms with E-state index in [1.807, 2.05) is 0 Å². The summed E-state index contributed by atoms with van der Waals surface area (Å²) in [4.78, 5) is 5.71. The van der Waals surface area contributed by atoms with Crippen LogP contribution in [-0.2, 0) is 12.7 Å². The standard InChI is InChI=1S/C9H12F3N3S.2ClH/c10-9(11,12)7-6-16-8(14-7)5-15-3-1-13-2-4-15;;/h6,13H,1-5H2;2*1H. The van der Waals surface area contributed by atoms with E-state index in [9.17, 15) is 13.2 Å². The van der Waals surface area contributed by atoms with Gasteiger partial charge in [0.1, 0.15) is 5.01 Å². The van der Waals surface area contributed by atoms with E-state index in [0.717, 1.165) is 42.9 Å². The number of alkyl halides is 3. The maximum atomic E-state index is 12.3. The molecule has 18 heavy (non-hydrogen) atoms. The number of hydrogen-bond acceptors (Lipinski definition) is 4. The van der Waals surface area contributed by atoms with Crippen LogP contribution in [0.25, 0.3) is 0 Å². The summed E-state index contributed by atoms with van der Waals surface area (Å²) in [5.41, 5.74) is -0.775. The molecule has 0 bridgehead atoms. The van der Waals surface area contributed by atoms with Gasteiger partial charge in [-0.15, -0.1) is 36.2 Å². The van der Waals surface area contributed by atoms with Crippen molar-refractivity contribution in [3.63, 3.8) is 0 Å². The van der Waals surface area contributed by atoms with E-state index < -0.39 is 11.9 Å². The molecular formula is C9H14Cl2F3N3S. The van der Waals surface area contributed by atoms with E-state index in [-0.39, 0.29) is 24.8 Å². The predicted octanol–water partition coefficient (Wildman–Crippen LogP) is 2.41. The third-order valence-corrected chi connectivity index (χ3v) is 3.24. The first-order chi connectivity index (χ1) is 7.55. The van der Waals surface area contributed by atoms with E-state index in [2.05, 4.69) is 15.2 Å². The Morgan fingerprint density at radius 1 is 1.28 bits per heavy atom. The normalized spacial score (nSPS) is 16.8. The smallest absolute Gasteiger partial charge is 0.314 e. The van der Waals surface area contributed by atoms with Crippen LogP contribution in [-0.4, -0.2) is 36.1 Å². The third-order valence-electron chi connectivity index (χ3n) is 2.41. The van der Waals surface area contributed by atoms with Crippen LogP contribution in [0.15, 0.2) is 5.38 Å². The zero-order valence-corrected chi connectivity index (χ0v) is 11.8. The van der Waals surface area contributed by atoms with Gasteiger partial charge in [-0.2, -0.15) is 13.2 Å². The molecule has 0 atom stereocenters. The van der Waals surface area contributed by atoms with Crippen LogP contribution >= 0.6 is 36.2 Å². The summed E-state index contributed by atoms with van der Waals surface area (Å²) in [7, 11) is 0. The van der Waals surface area contributed by atoms with Gasteiger partial charge in [0.2, 0.25) is 0 Å². The molecule has 0 saturated carbocycles. The van der Waals surface area contributed by atoms with Gasteiger partial charge in [0.05, 0.1) is 6.54 Å². The molecule has 1 aliphatic heterocycles. The Labute approximate surface area is 120 Å². The molecule has 3 nitrogen and oxygen atoms in total. The van der Waals surface area contributed by atoms with Crippen molar-refractivity contribution >= 4 is 36.2 Å². The number of nitrogens with one attached hydrogen (secondary N) is 1. The largest absolute Gasteiger partial charge is 0.434 e. The van der Waals surface area contributed by atoms with Gasteiger partial charge < -0.3 is 5.32 Å². The van der Waals surface area contributed by atoms with E-state index in [0.29, 0.717) is 11.6 Å². The molecule has 1 aliphatic rings. The quantitative estimate of drug-likeness (QED) is 0.906. The summed E-state index contributed by atoms with van der Waals surface area (Å²) in [5, 5.41) is 4.81. The lowest BCUT2D eigenvalue weighted by Gasteiger charge is -2.26. The van der Waals surface area contributed by atoms with E-state index in [4.69, 9.17) is 0 Å². The number of piperazine rings is 1. The van der Waals surface area contributed by atoms with Crippen LogP contribution in [0.1, 0.15) is 10.7 Å². The zero-order valence-electron chi connectivity index (χ0n) is 9.37. The maximum absolute atomic E-state index is 12.3. The highest BCUT2D eigenvalue weighted by Crippen LogP contribution is 2.30. The van der Waals surface area contributed by atoms with Crippen LogP contribution in [0.3, 0.4) is 0 Å². The highest BCUT2D eigenvalue weighted by Gasteiger charge is 2.33. The molecule has 2 rings (SSSR count). The molecule has 1 N–H and O–H groups in total. The van der Waals surface area contributed by atoms with Gasteiger partial charge in [0.15, 0.2) is 5.69 Å². The van der Waals surface area contributed by atoms with Crippen molar-refractivity contribution in [1.29, 1.82) is 0 Å². The highest BCUT2D eigenvalue weighted by molar-refractivity contribution is 7.09. The van der Waals surface area contributed by atoms with Gasteiger partial charge in [-0.05, 0) is 0 Å². The molecule has 2 heterocycles. The van der Waals surface area contributed by atoms with Crippen LogP contribution in [0.4, 0.5) is 13.2 Å². The molecule has 1 aromatic rings. The van der Waals surface area contributed by atoms with Gasteiger partial charge in [-0.1, -0.05) is 0 Å². The van der Waals surface area contributed by atoms with Crippen molar-refractivity contribution in [2.75, 3.05) is 26.2 Å². The molecule has 0 radical (unpaired) electrons. The van der Waals surface area contributed by atoms with Crippen LogP contribution in [0, 0.1) is 0 Å². The Kier molecular flexibility index (Phi) is 7.46. The van der Waals surface area contributed by atoms with Gasteiger partial charge >= 0.3 is 6.18 Å². The Morgan fingerprint density at radius 2 is 1.89 bits per heavy atom. The molecule has 9 heteroatoms. The fourth-order valence-electron chi connectivity index (χ4n) is 1.57. The molecule has 0 aromatic carbocycles. The molecule has 1 saturated heterocycles. The van der Waals surface area contributed by atoms with Gasteiger partial charge in [-0.3, -0.25) is 4.90 Å². The molecule has 0 aliphatic carbocycles. The SMILES string of the molecule is Cl.Cl.FC(F)(F)c1csc(CN2CCNCC2)n1. The topological polar surface area (TPSA) is 28.2 Å². The third kappa shape index (κ3) is 4.89. The molecule has 1 aromatic heterocycles. The number of halogens is 5. The van der Waals surface area contributed by atoms with E-state index >= 15 is 0 Å². The zero-order chi connectivity index (χ0) is 11.6. The number of thiazole rings is 1. The van der Waals surface area contributed by atoms with E-state index in [1.165, 1.54) is 0 Å². The van der Waals surface area contributed by atoms with Gasteiger partial charge in [-0.25, -0.2) is 4.98 Å². The maximum Gasteiger partial charge on any atom is 0.434 e. The number of hydrogen-bond donors (Lipinski definition) is 1. The van der Waals surface area contributed by atoms with Crippen molar-refractivity contribution in [2.24, 2.45) is 0 Å². The predicted molar refractivity (Wildman–Crippen MR) is 69.8 cm³/mol. The lowest BCUT2D eigenvalue weighted by molar-refractivity contribution is -0.140. The lowest BCUT2D eigenvalue weighted by Crippen LogP contribution is -2.42. The van der Waals surface area contributed by atoms with Gasteiger partial charge in [0.25, 0.3) is 0 Å². The van der Waals surface area contributed by atoms with Crippen LogP contribution in [0.5, 0.6) is 0 Å². The fourth-order valence-corrected chi connectivity index (χ4v) is 2.42. The Bertz CT molecular complexity index is 353. The highest BCUT2D eigenvalue weighted by atomic mass is 35.5. The first-order valence-corrected chi connectivity index (χ1v) is 5.88. The minimum Gasteiger partial charge on any atom is -0.314 e. The Balaban J connectivity index is 0.00000144. The summed E-state index contributed by atoms with van der Waals surface area (Å²) in [6, 6.07) is 0. The second-order valence-electron chi connectivity index (χ2n) is 3.65. The fraction of sp³-hybridized carbons (Fsp3) is 0.667. The minimum absolute atomic E-state index is 0. The van der Waals surface area contributed by atoms with Crippen molar-refractivity contribution in [1.82, 2.24) is 15.2 Å². The Morgan fingerprint density at radius 3 is 2.39 bits per heavy atom. The lowest BCUT2D eigenvalue weighted by atomic mass is 10.3. The first kappa shape index (κ1) is 17.9. The van der Waals surface area contributed by atoms with Crippen molar-refractivity contribution < 1.29 is 13.2 Å². The summed E-state index contributed by atoms with van der Waals surface area (Å²) in [6.07, 6.45) is -4.32. The average Bonchev–Trinajstić information content (AvgIpc) is 2.67. The van der Waals surface area contributed by atoms with Crippen molar-refractivity contribution in [3.8, 4) is 0 Å². The number of rotatable bonds is 2. The molecule has 1 fully saturated rings. The van der Waals surface area contributed by atoms with Crippen molar-refractivity contribution in [2.45, 2.75) is 12.7 Å². The number of aromatic nitrogens is 1. The van der Waals surface area contributed by atoms with Gasteiger partial charge in [0, 0.05) is 31.6 Å². The summed E-state index contributed by atoms with van der Waals surface area (Å²) in [6.45, 7) is 4.01. The summed E-state index contributed by atoms with van der Waals surface area (Å²) < 4.78 is 36.9. The second kappa shape index (κ2) is 7.49. The van der Waals surface area contributed by atoms with Crippen molar-refractivity contribution in [3.05, 3.63) is 16.1 Å². The summed E-state index contributed by atoms with van der Waals surface area (Å²) >= 11 is 1.08. The van der Waals surface area contributed by atoms with Crippen LogP contribution in [0.2, 0.25) is 0 Å². The minimum atomic E-state index is -4.32. The number of nitrogens with zero attached hydrogens (tertiary/aromatic N) is 2. The molecule has 106 valence electrons. The monoisotopic (exact) mass is 323 g/mol. The van der Waals surface area contributed by atoms with E-state index in [1.54, 1.807) is 0 Å². The Hall–Kier alpha value is -0.0800. The van der Waals surface area contributed by atoms with Crippen LogP contribution < -0.4 is 5.32 Å². The molecular weight excluding hydrogens is 310 g/mol. The molecule has 0 spiro atoms. The summed E-state index contributed by atoms with van der Waals surface area (Å²) in [5.74, 6) is 0. The molecule has 0 unspecified atom stereocenters. The molecule has 0 amide bonds. The average molecular weight is 324 g/mol.